The molecule has 2 N–H and O–H groups in total. The van der Waals surface area contributed by atoms with Crippen LogP contribution in [0.5, 0.6) is 0 Å². The van der Waals surface area contributed by atoms with Crippen molar-refractivity contribution in [1.29, 1.82) is 0 Å². The number of nitro benzene ring substituents is 1. The molecule has 1 aromatic carbocycles. The van der Waals surface area contributed by atoms with Crippen molar-refractivity contribution < 1.29 is 28.8 Å². The molecule has 0 heterocycles. The number of carbonyl (C=O) groups excluding carboxylic acids is 3. The van der Waals surface area contributed by atoms with Crippen LogP contribution in [-0.2, 0) is 19.1 Å². The summed E-state index contributed by atoms with van der Waals surface area (Å²) in [4.78, 5) is 46.3. The molecule has 0 aliphatic heterocycles. The van der Waals surface area contributed by atoms with Crippen molar-refractivity contribution in [2.75, 3.05) is 26.1 Å². The van der Waals surface area contributed by atoms with Gasteiger partial charge < -0.3 is 20.1 Å². The number of rotatable bonds is 9. The van der Waals surface area contributed by atoms with Crippen LogP contribution in [0.15, 0.2) is 18.2 Å². The Hall–Kier alpha value is -3.17. The largest absolute Gasteiger partial charge is 0.467 e. The van der Waals surface area contributed by atoms with Crippen LogP contribution in [0.25, 0.3) is 0 Å². The number of hydrogen-bond donors (Lipinski definition) is 2. The number of anilines is 1. The van der Waals surface area contributed by atoms with Gasteiger partial charge in [0.25, 0.3) is 11.6 Å². The summed E-state index contributed by atoms with van der Waals surface area (Å²) in [7, 11) is 2.75. The first-order chi connectivity index (χ1) is 12.7. The highest BCUT2D eigenvalue weighted by atomic mass is 16.6. The van der Waals surface area contributed by atoms with Crippen LogP contribution in [0.1, 0.15) is 30.6 Å². The third kappa shape index (κ3) is 5.94. The molecule has 0 spiro atoms. The molecule has 10 heteroatoms. The zero-order valence-corrected chi connectivity index (χ0v) is 15.6. The number of nitrogens with one attached hydrogen (secondary N) is 2. The predicted molar refractivity (Wildman–Crippen MR) is 96.3 cm³/mol. The molecule has 0 unspecified atom stereocenters. The van der Waals surface area contributed by atoms with E-state index in [1.54, 1.807) is 6.92 Å². The molecule has 1 rings (SSSR count). The van der Waals surface area contributed by atoms with Gasteiger partial charge in [0.1, 0.15) is 6.04 Å². The van der Waals surface area contributed by atoms with E-state index in [4.69, 9.17) is 4.74 Å². The van der Waals surface area contributed by atoms with Crippen LogP contribution in [0.3, 0.4) is 0 Å². The molecular weight excluding hydrogens is 358 g/mol. The highest BCUT2D eigenvalue weighted by Gasteiger charge is 2.27. The van der Waals surface area contributed by atoms with Crippen LogP contribution in [-0.4, -0.2) is 49.6 Å². The van der Waals surface area contributed by atoms with Gasteiger partial charge in [0.15, 0.2) is 6.61 Å². The van der Waals surface area contributed by atoms with Crippen molar-refractivity contribution in [3.63, 3.8) is 0 Å². The molecule has 27 heavy (non-hydrogen) atoms. The Labute approximate surface area is 156 Å². The van der Waals surface area contributed by atoms with Gasteiger partial charge >= 0.3 is 11.9 Å². The van der Waals surface area contributed by atoms with Crippen molar-refractivity contribution in [2.24, 2.45) is 5.92 Å². The van der Waals surface area contributed by atoms with Crippen molar-refractivity contribution in [3.8, 4) is 0 Å². The topological polar surface area (TPSA) is 137 Å². The van der Waals surface area contributed by atoms with E-state index in [9.17, 15) is 24.5 Å². The Balaban J connectivity index is 2.81. The lowest BCUT2D eigenvalue weighted by Gasteiger charge is -2.21. The number of hydrogen-bond acceptors (Lipinski definition) is 8. The Kier molecular flexibility index (Phi) is 8.18. The monoisotopic (exact) mass is 381 g/mol. The number of benzene rings is 1. The summed E-state index contributed by atoms with van der Waals surface area (Å²) in [6.07, 6.45) is 0.624. The minimum atomic E-state index is -0.906. The molecule has 148 valence electrons. The van der Waals surface area contributed by atoms with E-state index in [0.29, 0.717) is 12.1 Å². The molecule has 0 aliphatic carbocycles. The molecule has 0 radical (unpaired) electrons. The molecule has 2 atom stereocenters. The van der Waals surface area contributed by atoms with E-state index in [0.717, 1.165) is 6.07 Å². The number of esters is 2. The Morgan fingerprint density at radius 3 is 2.48 bits per heavy atom. The smallest absolute Gasteiger partial charge is 0.341 e. The average molecular weight is 381 g/mol. The van der Waals surface area contributed by atoms with Crippen molar-refractivity contribution >= 4 is 29.2 Å². The fraction of sp³-hybridized carbons (Fsp3) is 0.471. The van der Waals surface area contributed by atoms with Crippen LogP contribution in [0.4, 0.5) is 11.4 Å². The molecule has 0 saturated carbocycles. The fourth-order valence-electron chi connectivity index (χ4n) is 2.25. The lowest BCUT2D eigenvalue weighted by molar-refractivity contribution is -0.384. The Morgan fingerprint density at radius 1 is 1.30 bits per heavy atom. The molecule has 10 nitrogen and oxygen atoms in total. The normalized spacial score (nSPS) is 12.4. The summed E-state index contributed by atoms with van der Waals surface area (Å²) >= 11 is 0. The summed E-state index contributed by atoms with van der Waals surface area (Å²) in [5.41, 5.74) is -0.0445. The lowest BCUT2D eigenvalue weighted by Crippen LogP contribution is -2.47. The van der Waals surface area contributed by atoms with E-state index in [-0.39, 0.29) is 17.2 Å². The fourth-order valence-corrected chi connectivity index (χ4v) is 2.25. The molecule has 0 saturated heterocycles. The number of ether oxygens (including phenoxy) is 2. The zero-order chi connectivity index (χ0) is 20.6. The van der Waals surface area contributed by atoms with Crippen molar-refractivity contribution in [1.82, 2.24) is 5.32 Å². The molecule has 0 bridgehead atoms. The third-order valence-corrected chi connectivity index (χ3v) is 4.02. The summed E-state index contributed by atoms with van der Waals surface area (Å²) in [5.74, 6) is -2.36. The average Bonchev–Trinajstić information content (AvgIpc) is 2.68. The number of amides is 1. The van der Waals surface area contributed by atoms with Crippen LogP contribution >= 0.6 is 0 Å². The second-order valence-corrected chi connectivity index (χ2v) is 5.77. The maximum Gasteiger partial charge on any atom is 0.341 e. The number of non-ortho nitro benzene ring substituents is 1. The van der Waals surface area contributed by atoms with Crippen LogP contribution in [0.2, 0.25) is 0 Å². The first kappa shape index (κ1) is 21.9. The molecule has 0 fully saturated rings. The van der Waals surface area contributed by atoms with Gasteiger partial charge in [0.2, 0.25) is 0 Å². The van der Waals surface area contributed by atoms with Gasteiger partial charge in [-0.25, -0.2) is 9.59 Å². The minimum absolute atomic E-state index is 0.0778. The lowest BCUT2D eigenvalue weighted by atomic mass is 9.99. The van der Waals surface area contributed by atoms with Gasteiger partial charge in [-0.2, -0.15) is 0 Å². The van der Waals surface area contributed by atoms with Gasteiger partial charge in [-0.05, 0) is 12.0 Å². The Morgan fingerprint density at radius 2 is 1.96 bits per heavy atom. The summed E-state index contributed by atoms with van der Waals surface area (Å²) in [6.45, 7) is 2.99. The second kappa shape index (κ2) is 10.1. The van der Waals surface area contributed by atoms with Crippen molar-refractivity contribution in [2.45, 2.75) is 26.3 Å². The number of carbonyl (C=O) groups is 3. The standard InChI is InChI=1S/C17H23N3O7/c1-5-10(2)15(17(23)26-4)19-14(21)9-27-16(22)12-8-11(20(24)25)6-7-13(12)18-3/h6-8,10,15,18H,5,9H2,1-4H3,(H,19,21)/t10-,15+/m1/s1. The van der Waals surface area contributed by atoms with Crippen LogP contribution in [0, 0.1) is 16.0 Å². The van der Waals surface area contributed by atoms with E-state index in [2.05, 4.69) is 15.4 Å². The number of nitrogens with zero attached hydrogens (tertiary/aromatic N) is 1. The highest BCUT2D eigenvalue weighted by molar-refractivity contribution is 5.97. The maximum absolute atomic E-state index is 12.2. The molecule has 0 aliphatic rings. The van der Waals surface area contributed by atoms with Gasteiger partial charge in [0, 0.05) is 24.9 Å². The van der Waals surface area contributed by atoms with E-state index < -0.39 is 35.4 Å². The highest BCUT2D eigenvalue weighted by Crippen LogP contribution is 2.22. The Bertz CT molecular complexity index is 720. The molecular formula is C17H23N3O7. The quantitative estimate of drug-likeness (QED) is 0.373. The van der Waals surface area contributed by atoms with E-state index in [1.165, 1.54) is 26.3 Å². The van der Waals surface area contributed by atoms with Gasteiger partial charge in [0.05, 0.1) is 17.6 Å². The molecule has 1 aromatic rings. The first-order valence-corrected chi connectivity index (χ1v) is 8.25. The SMILES string of the molecule is CC[C@@H](C)[C@H](NC(=O)COC(=O)c1cc([N+](=O)[O-])ccc1NC)C(=O)OC. The predicted octanol–water partition coefficient (Wildman–Crippen LogP) is 1.50. The van der Waals surface area contributed by atoms with Gasteiger partial charge in [-0.1, -0.05) is 20.3 Å². The number of methoxy groups -OCH3 is 1. The number of nitro groups is 1. The van der Waals surface area contributed by atoms with E-state index >= 15 is 0 Å². The maximum atomic E-state index is 12.2. The van der Waals surface area contributed by atoms with Crippen molar-refractivity contribution in [3.05, 3.63) is 33.9 Å². The second-order valence-electron chi connectivity index (χ2n) is 5.77. The van der Waals surface area contributed by atoms with E-state index in [1.807, 2.05) is 6.92 Å². The summed E-state index contributed by atoms with van der Waals surface area (Å²) in [5, 5.41) is 16.1. The first-order valence-electron chi connectivity index (χ1n) is 8.25. The third-order valence-electron chi connectivity index (χ3n) is 4.02. The molecule has 0 aromatic heterocycles. The van der Waals surface area contributed by atoms with Gasteiger partial charge in [-0.15, -0.1) is 0 Å². The van der Waals surface area contributed by atoms with Crippen LogP contribution < -0.4 is 10.6 Å². The zero-order valence-electron chi connectivity index (χ0n) is 15.6. The summed E-state index contributed by atoms with van der Waals surface area (Å²) < 4.78 is 9.59. The molecule has 1 amide bonds. The van der Waals surface area contributed by atoms with Gasteiger partial charge in [-0.3, -0.25) is 14.9 Å². The minimum Gasteiger partial charge on any atom is -0.467 e. The summed E-state index contributed by atoms with van der Waals surface area (Å²) in [6, 6.07) is 2.80.